The summed E-state index contributed by atoms with van der Waals surface area (Å²) in [4.78, 5) is 8.76. The number of nitrogens with zero attached hydrogens (tertiary/aromatic N) is 3. The van der Waals surface area contributed by atoms with Crippen molar-refractivity contribution in [1.29, 1.82) is 0 Å². The minimum atomic E-state index is -0.308. The van der Waals surface area contributed by atoms with Gasteiger partial charge in [-0.3, -0.25) is 0 Å². The molecule has 0 fully saturated rings. The zero-order chi connectivity index (χ0) is 19.5. The van der Waals surface area contributed by atoms with E-state index in [0.29, 0.717) is 30.4 Å². The quantitative estimate of drug-likeness (QED) is 0.223. The Balaban J connectivity index is 0.00000392. The van der Waals surface area contributed by atoms with Crippen molar-refractivity contribution in [2.45, 2.75) is 46.1 Å². The molecular weight excluding hydrogens is 476 g/mol. The van der Waals surface area contributed by atoms with E-state index >= 15 is 0 Å². The molecule has 1 atom stereocenters. The fourth-order valence-electron chi connectivity index (χ4n) is 2.41. The number of hydrogen-bond donors (Lipinski definition) is 2. The maximum absolute atomic E-state index is 13.3. The van der Waals surface area contributed by atoms with Crippen LogP contribution in [0.2, 0.25) is 0 Å². The number of aromatic nitrogens is 2. The molecule has 1 aromatic heterocycles. The molecule has 0 bridgehead atoms. The highest BCUT2D eigenvalue weighted by atomic mass is 127. The Bertz CT molecular complexity index is 726. The Hall–Kier alpha value is -1.91. The molecule has 0 amide bonds. The Morgan fingerprint density at radius 1 is 1.32 bits per heavy atom. The molecule has 2 aromatic rings. The van der Waals surface area contributed by atoms with Crippen molar-refractivity contribution in [3.05, 3.63) is 41.8 Å². The van der Waals surface area contributed by atoms with Crippen molar-refractivity contribution < 1.29 is 13.7 Å². The van der Waals surface area contributed by atoms with Crippen LogP contribution >= 0.6 is 24.0 Å². The van der Waals surface area contributed by atoms with Gasteiger partial charge in [-0.15, -0.1) is 24.0 Å². The molecule has 0 saturated heterocycles. The first-order valence-corrected chi connectivity index (χ1v) is 9.34. The van der Waals surface area contributed by atoms with Gasteiger partial charge in [-0.1, -0.05) is 18.1 Å². The molecule has 0 radical (unpaired) electrons. The van der Waals surface area contributed by atoms with E-state index < -0.39 is 0 Å². The van der Waals surface area contributed by atoms with E-state index in [4.69, 9.17) is 9.26 Å². The zero-order valence-electron chi connectivity index (χ0n) is 16.6. The monoisotopic (exact) mass is 505 g/mol. The Morgan fingerprint density at radius 3 is 2.79 bits per heavy atom. The maximum atomic E-state index is 13.3. The van der Waals surface area contributed by atoms with E-state index in [1.54, 1.807) is 19.1 Å². The van der Waals surface area contributed by atoms with Gasteiger partial charge in [-0.25, -0.2) is 9.38 Å². The van der Waals surface area contributed by atoms with Crippen LogP contribution in [0, 0.1) is 12.7 Å². The van der Waals surface area contributed by atoms with Crippen LogP contribution in [0.5, 0.6) is 5.75 Å². The summed E-state index contributed by atoms with van der Waals surface area (Å²) in [6, 6.07) is 6.17. The molecule has 0 saturated carbocycles. The number of hydrogen-bond acceptors (Lipinski definition) is 5. The van der Waals surface area contributed by atoms with E-state index in [1.165, 1.54) is 12.1 Å². The molecule has 28 heavy (non-hydrogen) atoms. The van der Waals surface area contributed by atoms with Crippen molar-refractivity contribution in [2.24, 2.45) is 4.99 Å². The van der Waals surface area contributed by atoms with Crippen LogP contribution < -0.4 is 15.4 Å². The lowest BCUT2D eigenvalue weighted by Crippen LogP contribution is -2.38. The fourth-order valence-corrected chi connectivity index (χ4v) is 2.41. The molecule has 7 nitrogen and oxygen atoms in total. The number of aryl methyl sites for hydroxylation is 2. The Kier molecular flexibility index (Phi) is 11.5. The van der Waals surface area contributed by atoms with Crippen molar-refractivity contribution in [3.8, 4) is 5.75 Å². The highest BCUT2D eigenvalue weighted by Crippen LogP contribution is 2.15. The third kappa shape index (κ3) is 8.85. The van der Waals surface area contributed by atoms with Crippen molar-refractivity contribution in [2.75, 3.05) is 19.6 Å². The van der Waals surface area contributed by atoms with E-state index in [1.807, 2.05) is 13.8 Å². The van der Waals surface area contributed by atoms with Crippen LogP contribution in [0.15, 0.2) is 33.8 Å². The molecular formula is C19H29FIN5O2. The summed E-state index contributed by atoms with van der Waals surface area (Å²) < 4.78 is 24.2. The largest absolute Gasteiger partial charge is 0.488 e. The zero-order valence-corrected chi connectivity index (χ0v) is 18.9. The van der Waals surface area contributed by atoms with Crippen LogP contribution in [-0.4, -0.2) is 41.8 Å². The van der Waals surface area contributed by atoms with Gasteiger partial charge in [0.15, 0.2) is 11.8 Å². The average Bonchev–Trinajstić information content (AvgIpc) is 3.07. The van der Waals surface area contributed by atoms with Crippen molar-refractivity contribution in [3.63, 3.8) is 0 Å². The van der Waals surface area contributed by atoms with Crippen LogP contribution in [-0.2, 0) is 6.42 Å². The highest BCUT2D eigenvalue weighted by molar-refractivity contribution is 14.0. The van der Waals surface area contributed by atoms with Crippen LogP contribution in [0.1, 0.15) is 38.4 Å². The maximum Gasteiger partial charge on any atom is 0.226 e. The van der Waals surface area contributed by atoms with E-state index in [2.05, 4.69) is 25.8 Å². The second-order valence-corrected chi connectivity index (χ2v) is 6.09. The summed E-state index contributed by atoms with van der Waals surface area (Å²) in [7, 11) is 0. The number of rotatable bonds is 10. The lowest BCUT2D eigenvalue weighted by molar-refractivity contribution is 0.205. The molecule has 1 aromatic carbocycles. The third-order valence-electron chi connectivity index (χ3n) is 3.78. The van der Waals surface area contributed by atoms with Gasteiger partial charge < -0.3 is 19.9 Å². The van der Waals surface area contributed by atoms with E-state index in [9.17, 15) is 4.39 Å². The number of guanidine groups is 1. The first-order chi connectivity index (χ1) is 13.1. The molecule has 9 heteroatoms. The first kappa shape index (κ1) is 24.1. The SMILES string of the molecule is CCNC(=NCC(CC)Oc1cccc(F)c1)NCCCc1nc(C)no1.I. The lowest BCUT2D eigenvalue weighted by atomic mass is 10.2. The van der Waals surface area contributed by atoms with E-state index in [0.717, 1.165) is 31.9 Å². The molecule has 2 N–H and O–H groups in total. The summed E-state index contributed by atoms with van der Waals surface area (Å²) in [6.45, 7) is 7.80. The normalized spacial score (nSPS) is 12.2. The predicted molar refractivity (Wildman–Crippen MR) is 118 cm³/mol. The Morgan fingerprint density at radius 2 is 2.14 bits per heavy atom. The van der Waals surface area contributed by atoms with E-state index in [-0.39, 0.29) is 35.9 Å². The topological polar surface area (TPSA) is 84.6 Å². The summed E-state index contributed by atoms with van der Waals surface area (Å²) >= 11 is 0. The van der Waals surface area contributed by atoms with Gasteiger partial charge in [0.2, 0.25) is 5.89 Å². The first-order valence-electron chi connectivity index (χ1n) is 9.34. The number of benzene rings is 1. The van der Waals surface area contributed by atoms with Gasteiger partial charge in [0, 0.05) is 25.6 Å². The van der Waals surface area contributed by atoms with Gasteiger partial charge in [0.25, 0.3) is 0 Å². The number of halogens is 2. The molecule has 0 aliphatic heterocycles. The summed E-state index contributed by atoms with van der Waals surface area (Å²) in [6.07, 6.45) is 2.22. The van der Waals surface area contributed by atoms with Crippen LogP contribution in [0.4, 0.5) is 4.39 Å². The number of aliphatic imine (C=N–C) groups is 1. The Labute approximate surface area is 182 Å². The standard InChI is InChI=1S/C19H28FN5O2.HI/c1-4-16(26-17-9-6-8-15(20)12-17)13-23-19(21-5-2)22-11-7-10-18-24-14(3)25-27-18;/h6,8-9,12,16H,4-5,7,10-11,13H2,1-3H3,(H2,21,22,23);1H. The van der Waals surface area contributed by atoms with Gasteiger partial charge in [0.1, 0.15) is 17.7 Å². The van der Waals surface area contributed by atoms with Gasteiger partial charge in [-0.05, 0) is 38.8 Å². The molecule has 0 aliphatic rings. The predicted octanol–water partition coefficient (Wildman–Crippen LogP) is 3.48. The molecule has 0 aliphatic carbocycles. The summed E-state index contributed by atoms with van der Waals surface area (Å²) in [5, 5.41) is 10.3. The third-order valence-corrected chi connectivity index (χ3v) is 3.78. The van der Waals surface area contributed by atoms with Crippen molar-refractivity contribution >= 4 is 29.9 Å². The molecule has 1 heterocycles. The van der Waals surface area contributed by atoms with Gasteiger partial charge in [0.05, 0.1) is 6.54 Å². The van der Waals surface area contributed by atoms with Gasteiger partial charge in [-0.2, -0.15) is 4.98 Å². The molecule has 156 valence electrons. The fraction of sp³-hybridized carbons (Fsp3) is 0.526. The summed E-state index contributed by atoms with van der Waals surface area (Å²) in [5.41, 5.74) is 0. The highest BCUT2D eigenvalue weighted by Gasteiger charge is 2.09. The van der Waals surface area contributed by atoms with Crippen LogP contribution in [0.3, 0.4) is 0 Å². The molecule has 2 rings (SSSR count). The second-order valence-electron chi connectivity index (χ2n) is 6.09. The number of nitrogens with one attached hydrogen (secondary N) is 2. The molecule has 1 unspecified atom stereocenters. The smallest absolute Gasteiger partial charge is 0.226 e. The summed E-state index contributed by atoms with van der Waals surface area (Å²) in [5.74, 6) is 2.23. The molecule has 0 spiro atoms. The minimum absolute atomic E-state index is 0. The van der Waals surface area contributed by atoms with Gasteiger partial charge >= 0.3 is 0 Å². The second kappa shape index (κ2) is 13.3. The van der Waals surface area contributed by atoms with Crippen LogP contribution in [0.25, 0.3) is 0 Å². The lowest BCUT2D eigenvalue weighted by Gasteiger charge is -2.17. The van der Waals surface area contributed by atoms with Crippen molar-refractivity contribution in [1.82, 2.24) is 20.8 Å². The average molecular weight is 505 g/mol. The minimum Gasteiger partial charge on any atom is -0.488 e. The number of ether oxygens (including phenoxy) is 1.